The zero-order valence-corrected chi connectivity index (χ0v) is 9.54. The smallest absolute Gasteiger partial charge is 0.251 e. The summed E-state index contributed by atoms with van der Waals surface area (Å²) in [5.41, 5.74) is 1.14. The first-order chi connectivity index (χ1) is 7.18. The van der Waals surface area contributed by atoms with E-state index in [1.54, 1.807) is 12.1 Å². The summed E-state index contributed by atoms with van der Waals surface area (Å²) < 4.78 is 0.944. The maximum absolute atomic E-state index is 11.3. The van der Waals surface area contributed by atoms with Gasteiger partial charge in [-0.1, -0.05) is 28.1 Å². The first-order valence-electron chi connectivity index (χ1n) is 4.65. The molecule has 0 bridgehead atoms. The second kappa shape index (κ2) is 4.06. The number of aliphatic hydroxyl groups is 1. The molecule has 1 aromatic carbocycles. The highest BCUT2D eigenvalue weighted by Gasteiger charge is 2.21. The van der Waals surface area contributed by atoms with Crippen LogP contribution in [0.5, 0.6) is 0 Å². The predicted octanol–water partition coefficient (Wildman–Crippen LogP) is 2.24. The van der Waals surface area contributed by atoms with Crippen molar-refractivity contribution in [3.05, 3.63) is 39.9 Å². The molecule has 1 heterocycles. The molecule has 0 saturated carbocycles. The summed E-state index contributed by atoms with van der Waals surface area (Å²) in [4.78, 5) is 11.3. The van der Waals surface area contributed by atoms with Crippen molar-refractivity contribution in [1.82, 2.24) is 5.32 Å². The lowest BCUT2D eigenvalue weighted by Crippen LogP contribution is -2.14. The fraction of sp³-hybridized carbons (Fsp3) is 0.182. The van der Waals surface area contributed by atoms with E-state index in [0.29, 0.717) is 24.1 Å². The van der Waals surface area contributed by atoms with Crippen molar-refractivity contribution in [2.45, 2.75) is 6.42 Å². The Labute approximate surface area is 95.9 Å². The molecule has 0 aliphatic carbocycles. The Bertz CT molecular complexity index is 423. The van der Waals surface area contributed by atoms with Crippen molar-refractivity contribution in [3.8, 4) is 0 Å². The molecule has 0 atom stereocenters. The Morgan fingerprint density at radius 2 is 2.00 bits per heavy atom. The largest absolute Gasteiger partial charge is 0.507 e. The van der Waals surface area contributed by atoms with Crippen LogP contribution in [0.1, 0.15) is 12.0 Å². The van der Waals surface area contributed by atoms with Crippen molar-refractivity contribution in [3.63, 3.8) is 0 Å². The fourth-order valence-corrected chi connectivity index (χ4v) is 1.79. The van der Waals surface area contributed by atoms with Gasteiger partial charge in [0.1, 0.15) is 5.76 Å². The number of nitrogens with one attached hydrogen (secondary N) is 1. The molecule has 2 N–H and O–H groups in total. The second-order valence-electron chi connectivity index (χ2n) is 3.34. The van der Waals surface area contributed by atoms with E-state index in [9.17, 15) is 9.90 Å². The summed E-state index contributed by atoms with van der Waals surface area (Å²) in [5, 5.41) is 12.6. The van der Waals surface area contributed by atoms with Crippen LogP contribution in [0.25, 0.3) is 5.76 Å². The lowest BCUT2D eigenvalue weighted by molar-refractivity contribution is -0.116. The van der Waals surface area contributed by atoms with Crippen LogP contribution >= 0.6 is 15.9 Å². The number of carbonyl (C=O) groups is 1. The summed E-state index contributed by atoms with van der Waals surface area (Å²) in [7, 11) is 0. The number of rotatable bonds is 1. The molecular formula is C11H10BrNO2. The number of aliphatic hydroxyl groups excluding tert-OH is 1. The summed E-state index contributed by atoms with van der Waals surface area (Å²) >= 11 is 3.31. The van der Waals surface area contributed by atoms with Crippen LogP contribution in [0.4, 0.5) is 0 Å². The van der Waals surface area contributed by atoms with Gasteiger partial charge in [0.15, 0.2) is 0 Å². The number of hydrogen-bond acceptors (Lipinski definition) is 2. The Balaban J connectivity index is 2.38. The minimum atomic E-state index is -0.171. The molecule has 1 aliphatic heterocycles. The highest BCUT2D eigenvalue weighted by molar-refractivity contribution is 9.10. The number of halogens is 1. The molecule has 0 unspecified atom stereocenters. The van der Waals surface area contributed by atoms with Gasteiger partial charge in [-0.05, 0) is 18.6 Å². The predicted molar refractivity (Wildman–Crippen MR) is 61.3 cm³/mol. The lowest BCUT2D eigenvalue weighted by Gasteiger charge is -2.03. The molecule has 1 amide bonds. The van der Waals surface area contributed by atoms with Crippen LogP contribution in [-0.2, 0) is 4.79 Å². The maximum Gasteiger partial charge on any atom is 0.251 e. The van der Waals surface area contributed by atoms with Crippen molar-refractivity contribution >= 4 is 27.6 Å². The van der Waals surface area contributed by atoms with E-state index in [-0.39, 0.29) is 11.7 Å². The summed E-state index contributed by atoms with van der Waals surface area (Å²) in [6.45, 7) is 0.606. The SMILES string of the molecule is O=C1NCC/C1=C(\O)c1ccc(Br)cc1. The van der Waals surface area contributed by atoms with E-state index >= 15 is 0 Å². The van der Waals surface area contributed by atoms with Crippen molar-refractivity contribution in [2.75, 3.05) is 6.54 Å². The van der Waals surface area contributed by atoms with Crippen LogP contribution in [-0.4, -0.2) is 17.6 Å². The van der Waals surface area contributed by atoms with Gasteiger partial charge in [0.25, 0.3) is 5.91 Å². The van der Waals surface area contributed by atoms with Gasteiger partial charge in [-0.2, -0.15) is 0 Å². The van der Waals surface area contributed by atoms with E-state index in [1.165, 1.54) is 0 Å². The lowest BCUT2D eigenvalue weighted by atomic mass is 10.1. The third-order valence-electron chi connectivity index (χ3n) is 2.34. The standard InChI is InChI=1S/C11H10BrNO2/c12-8-3-1-7(2-4-8)10(14)9-5-6-13-11(9)15/h1-4,14H,5-6H2,(H,13,15)/b10-9+. The molecule has 1 saturated heterocycles. The van der Waals surface area contributed by atoms with E-state index in [4.69, 9.17) is 0 Å². The number of benzene rings is 1. The first-order valence-corrected chi connectivity index (χ1v) is 5.44. The molecule has 1 fully saturated rings. The Morgan fingerprint density at radius 3 is 2.53 bits per heavy atom. The molecular weight excluding hydrogens is 258 g/mol. The van der Waals surface area contributed by atoms with Gasteiger partial charge in [0.05, 0.1) is 5.57 Å². The highest BCUT2D eigenvalue weighted by atomic mass is 79.9. The first kappa shape index (κ1) is 10.2. The van der Waals surface area contributed by atoms with Gasteiger partial charge in [0, 0.05) is 16.6 Å². The molecule has 0 spiro atoms. The molecule has 0 aromatic heterocycles. The Morgan fingerprint density at radius 1 is 1.33 bits per heavy atom. The minimum absolute atomic E-state index is 0.0810. The van der Waals surface area contributed by atoms with Gasteiger partial charge in [-0.3, -0.25) is 4.79 Å². The minimum Gasteiger partial charge on any atom is -0.507 e. The van der Waals surface area contributed by atoms with Crippen molar-refractivity contribution in [2.24, 2.45) is 0 Å². The van der Waals surface area contributed by atoms with Crippen LogP contribution < -0.4 is 5.32 Å². The van der Waals surface area contributed by atoms with Gasteiger partial charge in [-0.25, -0.2) is 0 Å². The highest BCUT2D eigenvalue weighted by Crippen LogP contribution is 2.22. The van der Waals surface area contributed by atoms with E-state index < -0.39 is 0 Å². The summed E-state index contributed by atoms with van der Waals surface area (Å²) in [5.74, 6) is -0.0899. The molecule has 1 aliphatic rings. The average Bonchev–Trinajstić information content (AvgIpc) is 2.65. The van der Waals surface area contributed by atoms with E-state index in [2.05, 4.69) is 21.2 Å². The van der Waals surface area contributed by atoms with Gasteiger partial charge < -0.3 is 10.4 Å². The molecule has 1 aromatic rings. The van der Waals surface area contributed by atoms with Crippen molar-refractivity contribution in [1.29, 1.82) is 0 Å². The van der Waals surface area contributed by atoms with E-state index in [0.717, 1.165) is 4.47 Å². The molecule has 3 nitrogen and oxygen atoms in total. The third-order valence-corrected chi connectivity index (χ3v) is 2.87. The molecule has 0 radical (unpaired) electrons. The summed E-state index contributed by atoms with van der Waals surface area (Å²) in [6.07, 6.45) is 0.584. The normalized spacial score (nSPS) is 18.9. The zero-order valence-electron chi connectivity index (χ0n) is 7.96. The molecule has 4 heteroatoms. The fourth-order valence-electron chi connectivity index (χ4n) is 1.53. The number of amides is 1. The average molecular weight is 268 g/mol. The van der Waals surface area contributed by atoms with Crippen molar-refractivity contribution < 1.29 is 9.90 Å². The monoisotopic (exact) mass is 267 g/mol. The Hall–Kier alpha value is -1.29. The van der Waals surface area contributed by atoms with Crippen LogP contribution in [0.2, 0.25) is 0 Å². The van der Waals surface area contributed by atoms with E-state index in [1.807, 2.05) is 12.1 Å². The number of carbonyl (C=O) groups excluding carboxylic acids is 1. The zero-order chi connectivity index (χ0) is 10.8. The quantitative estimate of drug-likeness (QED) is 0.606. The maximum atomic E-state index is 11.3. The Kier molecular flexibility index (Phi) is 2.77. The topological polar surface area (TPSA) is 49.3 Å². The molecule has 78 valence electrons. The number of hydrogen-bond donors (Lipinski definition) is 2. The van der Waals surface area contributed by atoms with Gasteiger partial charge in [-0.15, -0.1) is 0 Å². The summed E-state index contributed by atoms with van der Waals surface area (Å²) in [6, 6.07) is 7.22. The third kappa shape index (κ3) is 2.04. The van der Waals surface area contributed by atoms with Crippen LogP contribution in [0, 0.1) is 0 Å². The van der Waals surface area contributed by atoms with Crippen LogP contribution in [0.15, 0.2) is 34.3 Å². The molecule has 2 rings (SSSR count). The van der Waals surface area contributed by atoms with Gasteiger partial charge in [0.2, 0.25) is 0 Å². The van der Waals surface area contributed by atoms with Crippen LogP contribution in [0.3, 0.4) is 0 Å². The second-order valence-corrected chi connectivity index (χ2v) is 4.26. The molecule has 15 heavy (non-hydrogen) atoms. The van der Waals surface area contributed by atoms with Gasteiger partial charge >= 0.3 is 0 Å².